The summed E-state index contributed by atoms with van der Waals surface area (Å²) in [5, 5.41) is 4.19. The van der Waals surface area contributed by atoms with Crippen LogP contribution in [-0.2, 0) is 11.4 Å². The number of ether oxygens (including phenoxy) is 1. The molecule has 2 aliphatic carbocycles. The number of nitrogens with one attached hydrogen (secondary N) is 1. The number of hydrogen-bond donors (Lipinski definition) is 1. The maximum absolute atomic E-state index is 12.5. The van der Waals surface area contributed by atoms with E-state index in [1.165, 1.54) is 19.3 Å². The summed E-state index contributed by atoms with van der Waals surface area (Å²) < 4.78 is 8.66. The highest BCUT2D eigenvalue weighted by Crippen LogP contribution is 2.66. The van der Waals surface area contributed by atoms with Gasteiger partial charge < -0.3 is 4.74 Å². The van der Waals surface area contributed by atoms with Crippen LogP contribution in [0.25, 0.3) is 0 Å². The summed E-state index contributed by atoms with van der Waals surface area (Å²) in [7, 11) is 0. The van der Waals surface area contributed by atoms with Crippen LogP contribution >= 0.6 is 47.8 Å². The molecule has 2 saturated carbocycles. The Morgan fingerprint density at radius 3 is 2.53 bits per heavy atom. The first-order chi connectivity index (χ1) is 14.4. The highest BCUT2D eigenvalue weighted by molar-refractivity contribution is 9.11. The predicted molar refractivity (Wildman–Crippen MR) is 130 cm³/mol. The minimum absolute atomic E-state index is 0.0493. The molecule has 30 heavy (non-hydrogen) atoms. The second kappa shape index (κ2) is 9.13. The highest BCUT2D eigenvalue weighted by Gasteiger charge is 2.64. The standard InChI is InChI=1S/C23H23Br3N2O2/c1-23-9-3-2-4-17(23)20(23)22(29)28-27-12-15-10-18(25)21(19(26)11-15)30-13-14-5-7-16(24)8-6-14/h5-8,10-12,17,20H,2-4,9,13H2,1H3,(H,28,29)/b27-12-/t17-,20+,23+/m1/s1. The molecule has 0 saturated heterocycles. The number of carbonyl (C=O) groups is 1. The predicted octanol–water partition coefficient (Wildman–Crippen LogP) is 6.83. The van der Waals surface area contributed by atoms with E-state index in [2.05, 4.69) is 65.2 Å². The largest absolute Gasteiger partial charge is 0.487 e. The van der Waals surface area contributed by atoms with E-state index in [-0.39, 0.29) is 17.2 Å². The third-order valence-corrected chi connectivity index (χ3v) is 8.03. The van der Waals surface area contributed by atoms with E-state index in [9.17, 15) is 4.79 Å². The van der Waals surface area contributed by atoms with Gasteiger partial charge in [-0.2, -0.15) is 5.10 Å². The Morgan fingerprint density at radius 1 is 1.20 bits per heavy atom. The second-order valence-corrected chi connectivity index (χ2v) is 10.9. The number of carbonyl (C=O) groups excluding carboxylic acids is 1. The zero-order valence-corrected chi connectivity index (χ0v) is 21.4. The van der Waals surface area contributed by atoms with Crippen LogP contribution in [0.2, 0.25) is 0 Å². The smallest absolute Gasteiger partial charge is 0.244 e. The minimum Gasteiger partial charge on any atom is -0.487 e. The van der Waals surface area contributed by atoms with Crippen LogP contribution in [0, 0.1) is 17.3 Å². The van der Waals surface area contributed by atoms with Gasteiger partial charge in [0.15, 0.2) is 0 Å². The first kappa shape index (κ1) is 22.0. The maximum atomic E-state index is 12.5. The van der Waals surface area contributed by atoms with Crippen LogP contribution in [0.3, 0.4) is 0 Å². The number of nitrogens with zero attached hydrogens (tertiary/aromatic N) is 1. The molecule has 0 aromatic heterocycles. The lowest BCUT2D eigenvalue weighted by Gasteiger charge is -2.15. The van der Waals surface area contributed by atoms with Crippen molar-refractivity contribution in [3.8, 4) is 5.75 Å². The Bertz CT molecular complexity index is 954. The lowest BCUT2D eigenvalue weighted by Crippen LogP contribution is -2.22. The summed E-state index contributed by atoms with van der Waals surface area (Å²) in [6.45, 7) is 2.71. The molecule has 0 unspecified atom stereocenters. The fourth-order valence-electron chi connectivity index (χ4n) is 4.62. The van der Waals surface area contributed by atoms with E-state index >= 15 is 0 Å². The Labute approximate surface area is 202 Å². The van der Waals surface area contributed by atoms with Crippen LogP contribution in [0.5, 0.6) is 5.75 Å². The number of hydrogen-bond acceptors (Lipinski definition) is 3. The fraction of sp³-hybridized carbons (Fsp3) is 0.391. The van der Waals surface area contributed by atoms with Gasteiger partial charge in [-0.25, -0.2) is 5.43 Å². The molecule has 1 N–H and O–H groups in total. The van der Waals surface area contributed by atoms with Gasteiger partial charge in [0.1, 0.15) is 12.4 Å². The van der Waals surface area contributed by atoms with Crippen molar-refractivity contribution in [2.45, 2.75) is 39.2 Å². The number of benzene rings is 2. The van der Waals surface area contributed by atoms with E-state index in [4.69, 9.17) is 4.74 Å². The average Bonchev–Trinajstić information content (AvgIpc) is 3.34. The van der Waals surface area contributed by atoms with E-state index in [0.717, 1.165) is 36.7 Å². The number of amides is 1. The molecule has 0 spiro atoms. The first-order valence-electron chi connectivity index (χ1n) is 10.1. The molecule has 0 heterocycles. The lowest BCUT2D eigenvalue weighted by molar-refractivity contribution is -0.123. The molecule has 158 valence electrons. The van der Waals surface area contributed by atoms with Gasteiger partial charge in [-0.1, -0.05) is 47.8 Å². The quantitative estimate of drug-likeness (QED) is 0.293. The Balaban J connectivity index is 1.36. The average molecular weight is 599 g/mol. The Kier molecular flexibility index (Phi) is 6.70. The highest BCUT2D eigenvalue weighted by atomic mass is 79.9. The van der Waals surface area contributed by atoms with Gasteiger partial charge in [0, 0.05) is 10.4 Å². The lowest BCUT2D eigenvalue weighted by atomic mass is 9.90. The summed E-state index contributed by atoms with van der Waals surface area (Å²) in [5.41, 5.74) is 4.88. The van der Waals surface area contributed by atoms with Gasteiger partial charge in [-0.05, 0) is 91.4 Å². The van der Waals surface area contributed by atoms with E-state index in [1.54, 1.807) is 6.21 Å². The third kappa shape index (κ3) is 4.68. The molecule has 7 heteroatoms. The van der Waals surface area contributed by atoms with Crippen molar-refractivity contribution in [3.05, 3.63) is 60.9 Å². The van der Waals surface area contributed by atoms with Crippen molar-refractivity contribution in [1.29, 1.82) is 0 Å². The van der Waals surface area contributed by atoms with Crippen molar-refractivity contribution in [1.82, 2.24) is 5.43 Å². The van der Waals surface area contributed by atoms with Gasteiger partial charge in [-0.15, -0.1) is 0 Å². The molecule has 2 aromatic carbocycles. The first-order valence-corrected chi connectivity index (χ1v) is 12.5. The monoisotopic (exact) mass is 596 g/mol. The normalized spacial score (nSPS) is 25.1. The van der Waals surface area contributed by atoms with Crippen LogP contribution in [-0.4, -0.2) is 12.1 Å². The van der Waals surface area contributed by atoms with Crippen molar-refractivity contribution < 1.29 is 9.53 Å². The zero-order valence-electron chi connectivity index (χ0n) is 16.6. The topological polar surface area (TPSA) is 50.7 Å². The Morgan fingerprint density at radius 2 is 1.90 bits per heavy atom. The zero-order chi connectivity index (χ0) is 21.3. The number of rotatable bonds is 6. The van der Waals surface area contributed by atoms with Crippen LogP contribution in [0.4, 0.5) is 0 Å². The number of halogens is 3. The SMILES string of the molecule is C[C@]12CCCC[C@@H]1[C@H]2C(=O)N/N=C\c1cc(Br)c(OCc2ccc(Br)cc2)c(Br)c1. The van der Waals surface area contributed by atoms with Crippen LogP contribution in [0.1, 0.15) is 43.7 Å². The van der Waals surface area contributed by atoms with Crippen molar-refractivity contribution in [2.24, 2.45) is 22.4 Å². The summed E-state index contributed by atoms with van der Waals surface area (Å²) in [6.07, 6.45) is 6.46. The molecular formula is C23H23Br3N2O2. The molecule has 2 aliphatic rings. The Hall–Kier alpha value is -1.18. The van der Waals surface area contributed by atoms with Crippen molar-refractivity contribution >= 4 is 59.9 Å². The minimum atomic E-state index is 0.0493. The molecule has 1 amide bonds. The van der Waals surface area contributed by atoms with Gasteiger partial charge in [0.25, 0.3) is 0 Å². The van der Waals surface area contributed by atoms with Crippen molar-refractivity contribution in [2.75, 3.05) is 0 Å². The summed E-state index contributed by atoms with van der Waals surface area (Å²) in [5.74, 6) is 1.43. The molecule has 4 nitrogen and oxygen atoms in total. The van der Waals surface area contributed by atoms with Crippen molar-refractivity contribution in [3.63, 3.8) is 0 Å². The molecule has 0 radical (unpaired) electrons. The number of fused-ring (bicyclic) bond motifs is 1. The second-order valence-electron chi connectivity index (χ2n) is 8.30. The van der Waals surface area contributed by atoms with Gasteiger partial charge in [0.05, 0.1) is 15.2 Å². The molecule has 0 bridgehead atoms. The fourth-order valence-corrected chi connectivity index (χ4v) is 6.33. The summed E-state index contributed by atoms with van der Waals surface area (Å²) in [4.78, 5) is 12.5. The summed E-state index contributed by atoms with van der Waals surface area (Å²) >= 11 is 10.6. The number of hydrazone groups is 1. The van der Waals surface area contributed by atoms with Crippen LogP contribution < -0.4 is 10.2 Å². The summed E-state index contributed by atoms with van der Waals surface area (Å²) in [6, 6.07) is 11.9. The molecule has 3 atom stereocenters. The molecular weight excluding hydrogens is 576 g/mol. The van der Waals surface area contributed by atoms with E-state index in [1.807, 2.05) is 36.4 Å². The van der Waals surface area contributed by atoms with Crippen LogP contribution in [0.15, 0.2) is 54.9 Å². The van der Waals surface area contributed by atoms with Gasteiger partial charge in [-0.3, -0.25) is 4.79 Å². The van der Waals surface area contributed by atoms with E-state index < -0.39 is 0 Å². The van der Waals surface area contributed by atoms with Gasteiger partial charge in [0.2, 0.25) is 5.91 Å². The molecule has 4 rings (SSSR count). The van der Waals surface area contributed by atoms with Gasteiger partial charge >= 0.3 is 0 Å². The molecule has 2 fully saturated rings. The maximum Gasteiger partial charge on any atom is 0.244 e. The third-order valence-electron chi connectivity index (χ3n) is 6.32. The van der Waals surface area contributed by atoms with E-state index in [0.29, 0.717) is 12.5 Å². The molecule has 2 aromatic rings. The molecule has 0 aliphatic heterocycles.